The van der Waals surface area contributed by atoms with Gasteiger partial charge < -0.3 is 9.47 Å². The maximum absolute atomic E-state index is 6.34. The number of methoxy groups -OCH3 is 2. The van der Waals surface area contributed by atoms with Gasteiger partial charge in [-0.25, -0.2) is 0 Å². The van der Waals surface area contributed by atoms with E-state index < -0.39 is 0 Å². The summed E-state index contributed by atoms with van der Waals surface area (Å²) in [5.74, 6) is 1.69. The summed E-state index contributed by atoms with van der Waals surface area (Å²) in [7, 11) is 3.20. The number of hydrogen-bond donors (Lipinski definition) is 0. The molecule has 0 aromatic heterocycles. The fraction of sp³-hybridized carbons (Fsp3) is 0.250. The Kier molecular flexibility index (Phi) is 5.63. The third-order valence-corrected chi connectivity index (χ3v) is 4.28. The molecule has 0 aliphatic carbocycles. The van der Waals surface area contributed by atoms with Crippen molar-refractivity contribution < 1.29 is 9.47 Å². The van der Waals surface area contributed by atoms with E-state index in [1.165, 1.54) is 0 Å². The molecule has 0 saturated carbocycles. The van der Waals surface area contributed by atoms with Crippen molar-refractivity contribution in [1.29, 1.82) is 0 Å². The predicted octanol–water partition coefficient (Wildman–Crippen LogP) is 5.38. The zero-order valence-electron chi connectivity index (χ0n) is 11.7. The molecule has 0 saturated heterocycles. The molecule has 0 N–H and O–H groups in total. The highest BCUT2D eigenvalue weighted by Gasteiger charge is 2.19. The maximum atomic E-state index is 6.34. The number of ether oxygens (including phenoxy) is 2. The van der Waals surface area contributed by atoms with Crippen molar-refractivity contribution in [3.05, 3.63) is 57.6 Å². The third kappa shape index (κ3) is 3.57. The molecule has 21 heavy (non-hydrogen) atoms. The van der Waals surface area contributed by atoms with E-state index in [0.29, 0.717) is 27.4 Å². The largest absolute Gasteiger partial charge is 0.497 e. The molecular formula is C16H15Cl3O2. The highest BCUT2D eigenvalue weighted by Crippen LogP contribution is 2.37. The summed E-state index contributed by atoms with van der Waals surface area (Å²) in [4.78, 5) is 0. The Morgan fingerprint density at radius 1 is 0.857 bits per heavy atom. The molecule has 0 fully saturated rings. The molecule has 0 unspecified atom stereocenters. The van der Waals surface area contributed by atoms with Gasteiger partial charge in [-0.3, -0.25) is 0 Å². The summed E-state index contributed by atoms with van der Waals surface area (Å²) in [6, 6.07) is 11.1. The average molecular weight is 346 g/mol. The molecule has 2 nitrogen and oxygen atoms in total. The van der Waals surface area contributed by atoms with Gasteiger partial charge in [0.15, 0.2) is 0 Å². The summed E-state index contributed by atoms with van der Waals surface area (Å²) in [5.41, 5.74) is 1.83. The second-order valence-electron chi connectivity index (χ2n) is 4.48. The maximum Gasteiger partial charge on any atom is 0.120 e. The van der Waals surface area contributed by atoms with Crippen LogP contribution in [0.5, 0.6) is 11.5 Å². The zero-order valence-corrected chi connectivity index (χ0v) is 14.0. The second kappa shape index (κ2) is 7.26. The van der Waals surface area contributed by atoms with Gasteiger partial charge in [0.05, 0.1) is 14.2 Å². The van der Waals surface area contributed by atoms with Crippen molar-refractivity contribution in [1.82, 2.24) is 0 Å². The fourth-order valence-electron chi connectivity index (χ4n) is 2.17. The smallest absolute Gasteiger partial charge is 0.120 e. The first-order valence-corrected chi connectivity index (χ1v) is 7.62. The van der Waals surface area contributed by atoms with E-state index in [2.05, 4.69) is 0 Å². The molecule has 0 radical (unpaired) electrons. The number of hydrogen-bond acceptors (Lipinski definition) is 2. The van der Waals surface area contributed by atoms with Crippen LogP contribution in [0.15, 0.2) is 36.4 Å². The highest BCUT2D eigenvalue weighted by molar-refractivity contribution is 6.32. The van der Waals surface area contributed by atoms with Crippen molar-refractivity contribution in [3.8, 4) is 11.5 Å². The minimum atomic E-state index is -0.0940. The van der Waals surface area contributed by atoms with Crippen molar-refractivity contribution in [2.24, 2.45) is 0 Å². The van der Waals surface area contributed by atoms with E-state index >= 15 is 0 Å². The fourth-order valence-corrected chi connectivity index (χ4v) is 3.11. The molecule has 0 bridgehead atoms. The van der Waals surface area contributed by atoms with Crippen LogP contribution in [0.1, 0.15) is 17.0 Å². The molecular weight excluding hydrogens is 331 g/mol. The van der Waals surface area contributed by atoms with E-state index in [-0.39, 0.29) is 5.92 Å². The van der Waals surface area contributed by atoms with Gasteiger partial charge in [0.2, 0.25) is 0 Å². The first-order chi connectivity index (χ1) is 10.1. The molecule has 0 aliphatic rings. The van der Waals surface area contributed by atoms with Crippen molar-refractivity contribution in [2.45, 2.75) is 5.92 Å². The van der Waals surface area contributed by atoms with E-state index in [9.17, 15) is 0 Å². The topological polar surface area (TPSA) is 18.5 Å². The lowest BCUT2D eigenvalue weighted by atomic mass is 9.92. The molecule has 0 atom stereocenters. The van der Waals surface area contributed by atoms with Crippen LogP contribution in [0.25, 0.3) is 0 Å². The zero-order chi connectivity index (χ0) is 15.4. The van der Waals surface area contributed by atoms with Gasteiger partial charge in [-0.05, 0) is 35.4 Å². The monoisotopic (exact) mass is 344 g/mol. The van der Waals surface area contributed by atoms with Gasteiger partial charge in [0.25, 0.3) is 0 Å². The third-order valence-electron chi connectivity index (χ3n) is 3.32. The summed E-state index contributed by atoms with van der Waals surface area (Å²) >= 11 is 18.8. The van der Waals surface area contributed by atoms with Crippen LogP contribution in [-0.2, 0) is 0 Å². The standard InChI is InChI=1S/C16H15Cl3O2/c1-20-10-3-5-12(15(18)7-10)14(9-17)13-6-4-11(21-2)8-16(13)19/h3-8,14H,9H2,1-2H3. The van der Waals surface area contributed by atoms with Crippen molar-refractivity contribution >= 4 is 34.8 Å². The van der Waals surface area contributed by atoms with Crippen molar-refractivity contribution in [3.63, 3.8) is 0 Å². The van der Waals surface area contributed by atoms with Gasteiger partial charge in [0, 0.05) is 21.8 Å². The summed E-state index contributed by atoms with van der Waals surface area (Å²) < 4.78 is 10.3. The first kappa shape index (κ1) is 16.3. The molecule has 2 aromatic carbocycles. The number of rotatable bonds is 5. The average Bonchev–Trinajstić information content (AvgIpc) is 2.50. The summed E-state index contributed by atoms with van der Waals surface area (Å²) in [6.07, 6.45) is 0. The highest BCUT2D eigenvalue weighted by atomic mass is 35.5. The van der Waals surface area contributed by atoms with Crippen molar-refractivity contribution in [2.75, 3.05) is 20.1 Å². The molecule has 0 spiro atoms. The Morgan fingerprint density at radius 2 is 1.29 bits per heavy atom. The van der Waals surface area contributed by atoms with Crippen LogP contribution >= 0.6 is 34.8 Å². The van der Waals surface area contributed by atoms with E-state index in [1.54, 1.807) is 26.4 Å². The van der Waals surface area contributed by atoms with Crippen LogP contribution in [0.4, 0.5) is 0 Å². The number of halogens is 3. The Labute approximate surface area is 139 Å². The lowest BCUT2D eigenvalue weighted by Gasteiger charge is -2.19. The van der Waals surface area contributed by atoms with Crippen LogP contribution in [0.2, 0.25) is 10.0 Å². The van der Waals surface area contributed by atoms with Gasteiger partial charge in [0.1, 0.15) is 11.5 Å². The van der Waals surface area contributed by atoms with Crippen LogP contribution in [0.3, 0.4) is 0 Å². The number of benzene rings is 2. The molecule has 2 rings (SSSR count). The minimum absolute atomic E-state index is 0.0940. The van der Waals surface area contributed by atoms with Crippen LogP contribution in [0, 0.1) is 0 Å². The molecule has 2 aromatic rings. The second-order valence-corrected chi connectivity index (χ2v) is 5.60. The normalized spacial score (nSPS) is 10.8. The predicted molar refractivity (Wildman–Crippen MR) is 88.6 cm³/mol. The number of alkyl halides is 1. The van der Waals surface area contributed by atoms with E-state index in [0.717, 1.165) is 11.1 Å². The van der Waals surface area contributed by atoms with Gasteiger partial charge in [-0.15, -0.1) is 11.6 Å². The SMILES string of the molecule is COc1ccc(C(CCl)c2ccc(OC)cc2Cl)c(Cl)c1. The summed E-state index contributed by atoms with van der Waals surface area (Å²) in [6.45, 7) is 0. The van der Waals surface area contributed by atoms with Gasteiger partial charge in [-0.1, -0.05) is 35.3 Å². The Hall–Kier alpha value is -1.09. The molecule has 0 amide bonds. The lowest BCUT2D eigenvalue weighted by molar-refractivity contribution is 0.414. The molecule has 0 heterocycles. The first-order valence-electron chi connectivity index (χ1n) is 6.33. The molecule has 112 valence electrons. The van der Waals surface area contributed by atoms with E-state index in [1.807, 2.05) is 24.3 Å². The Bertz CT molecular complexity index is 575. The van der Waals surface area contributed by atoms with Gasteiger partial charge in [-0.2, -0.15) is 0 Å². The minimum Gasteiger partial charge on any atom is -0.497 e. The van der Waals surface area contributed by atoms with Gasteiger partial charge >= 0.3 is 0 Å². The van der Waals surface area contributed by atoms with Crippen LogP contribution < -0.4 is 9.47 Å². The van der Waals surface area contributed by atoms with E-state index in [4.69, 9.17) is 44.3 Å². The lowest BCUT2D eigenvalue weighted by Crippen LogP contribution is -2.05. The molecule has 0 aliphatic heterocycles. The quantitative estimate of drug-likeness (QED) is 0.677. The Balaban J connectivity index is 2.44. The van der Waals surface area contributed by atoms with Crippen LogP contribution in [-0.4, -0.2) is 20.1 Å². The summed E-state index contributed by atoms with van der Waals surface area (Å²) in [5, 5.41) is 1.21. The molecule has 5 heteroatoms. The Morgan fingerprint density at radius 3 is 1.57 bits per heavy atom.